The van der Waals surface area contributed by atoms with E-state index >= 15 is 0 Å². The molecule has 0 saturated heterocycles. The largest absolute Gasteiger partial charge is 0.489 e. The van der Waals surface area contributed by atoms with Gasteiger partial charge in [0.2, 0.25) is 0 Å². The lowest BCUT2D eigenvalue weighted by Crippen LogP contribution is -2.27. The Bertz CT molecular complexity index is 1100. The average Bonchev–Trinajstić information content (AvgIpc) is 2.87. The highest BCUT2D eigenvalue weighted by molar-refractivity contribution is 14.1. The van der Waals surface area contributed by atoms with Crippen LogP contribution in [-0.4, -0.2) is 56.5 Å². The Morgan fingerprint density at radius 2 is 1.68 bits per heavy atom. The zero-order valence-corrected chi connectivity index (χ0v) is 25.5. The summed E-state index contributed by atoms with van der Waals surface area (Å²) in [6.07, 6.45) is 4.76. The van der Waals surface area contributed by atoms with Crippen LogP contribution in [0.1, 0.15) is 53.0 Å². The van der Waals surface area contributed by atoms with Gasteiger partial charge in [0.1, 0.15) is 25.1 Å². The molecular weight excluding hydrogens is 623 g/mol. The van der Waals surface area contributed by atoms with Crippen molar-refractivity contribution in [3.05, 3.63) is 62.3 Å². The van der Waals surface area contributed by atoms with Crippen molar-refractivity contribution in [2.45, 2.75) is 65.1 Å². The first-order valence-corrected chi connectivity index (χ1v) is 14.2. The second-order valence-electron chi connectivity index (χ2n) is 9.30. The molecule has 0 amide bonds. The highest BCUT2D eigenvalue weighted by atomic mass is 127. The Labute approximate surface area is 244 Å². The minimum absolute atomic E-state index is 0.157. The predicted molar refractivity (Wildman–Crippen MR) is 154 cm³/mol. The third-order valence-corrected chi connectivity index (χ3v) is 6.87. The van der Waals surface area contributed by atoms with Gasteiger partial charge in [0.15, 0.2) is 11.9 Å². The second kappa shape index (κ2) is 16.0. The minimum Gasteiger partial charge on any atom is -0.489 e. The molecule has 1 aromatic rings. The summed E-state index contributed by atoms with van der Waals surface area (Å²) in [5, 5.41) is 0. The molecule has 0 aliphatic heterocycles. The summed E-state index contributed by atoms with van der Waals surface area (Å²) in [4.78, 5) is 22.6. The van der Waals surface area contributed by atoms with Crippen LogP contribution in [0.3, 0.4) is 0 Å². The van der Waals surface area contributed by atoms with Crippen LogP contribution in [0.25, 0.3) is 0 Å². The molecule has 0 bridgehead atoms. The number of benzene rings is 1. The van der Waals surface area contributed by atoms with Gasteiger partial charge in [0, 0.05) is 31.4 Å². The lowest BCUT2D eigenvalue weighted by atomic mass is 9.77. The van der Waals surface area contributed by atoms with Crippen molar-refractivity contribution in [1.82, 2.24) is 0 Å². The topological polar surface area (TPSA) is 80.3 Å². The number of ether oxygens (including phenoxy) is 5. The van der Waals surface area contributed by atoms with Crippen molar-refractivity contribution in [2.75, 3.05) is 32.3 Å². The Morgan fingerprint density at radius 3 is 2.26 bits per heavy atom. The number of hydrogen-bond donors (Lipinski definition) is 0. The van der Waals surface area contributed by atoms with Gasteiger partial charge in [-0.15, -0.1) is 11.6 Å². The van der Waals surface area contributed by atoms with Gasteiger partial charge in [-0.2, -0.15) is 0 Å². The molecule has 1 aromatic carbocycles. The zero-order valence-electron chi connectivity index (χ0n) is 22.6. The van der Waals surface area contributed by atoms with Crippen LogP contribution in [0, 0.1) is 3.57 Å². The quantitative estimate of drug-likeness (QED) is 0.0707. The zero-order chi connectivity index (χ0) is 28.1. The molecule has 0 radical (unpaired) electrons. The molecular formula is C29H36ClIO7. The molecule has 38 heavy (non-hydrogen) atoms. The molecule has 2 unspecified atom stereocenters. The van der Waals surface area contributed by atoms with Crippen LogP contribution in [0.4, 0.5) is 0 Å². The standard InChI is InChI=1S/C29H36ClIO7/c1-6-7-14-34-17-26(38-21(3)33)19-35-24-11-8-22(9-12-24)29(4,5)23-10-13-28(27(31)15-23)36-18-25(16-30)37-20(2)32/h8,10-11,13,15,25-26H,6-7,14,16-19H2,1-5H3. The number of esters is 2. The monoisotopic (exact) mass is 658 g/mol. The molecule has 2 atom stereocenters. The highest BCUT2D eigenvalue weighted by Gasteiger charge is 2.26. The van der Waals surface area contributed by atoms with Crippen LogP contribution in [0.15, 0.2) is 53.1 Å². The van der Waals surface area contributed by atoms with Gasteiger partial charge >= 0.3 is 11.9 Å². The van der Waals surface area contributed by atoms with E-state index in [0.29, 0.717) is 18.1 Å². The maximum absolute atomic E-state index is 11.4. The van der Waals surface area contributed by atoms with Crippen molar-refractivity contribution in [3.8, 4) is 5.75 Å². The normalized spacial score (nSPS) is 14.3. The summed E-state index contributed by atoms with van der Waals surface area (Å²) in [6, 6.07) is 5.95. The molecule has 0 saturated carbocycles. The minimum atomic E-state index is -0.509. The van der Waals surface area contributed by atoms with Crippen LogP contribution in [0.5, 0.6) is 5.75 Å². The molecule has 0 heterocycles. The molecule has 7 nitrogen and oxygen atoms in total. The molecule has 0 N–H and O–H groups in total. The molecule has 0 aromatic heterocycles. The molecule has 2 rings (SSSR count). The predicted octanol–water partition coefficient (Wildman–Crippen LogP) is 6.02. The summed E-state index contributed by atoms with van der Waals surface area (Å²) < 4.78 is 28.6. The summed E-state index contributed by atoms with van der Waals surface area (Å²) in [7, 11) is 0. The Balaban J connectivity index is 2.08. The van der Waals surface area contributed by atoms with E-state index in [0.717, 1.165) is 27.5 Å². The molecule has 208 valence electrons. The number of alkyl halides is 1. The summed E-state index contributed by atoms with van der Waals surface area (Å²) >= 11 is 8.09. The van der Waals surface area contributed by atoms with Gasteiger partial charge < -0.3 is 23.7 Å². The summed E-state index contributed by atoms with van der Waals surface area (Å²) in [6.45, 7) is 10.3. The number of carbonyl (C=O) groups excluding carboxylic acids is 2. The Kier molecular flexibility index (Phi) is 13.5. The van der Waals surface area contributed by atoms with Crippen LogP contribution in [-0.2, 0) is 34.0 Å². The van der Waals surface area contributed by atoms with Gasteiger partial charge in [-0.3, -0.25) is 9.59 Å². The summed E-state index contributed by atoms with van der Waals surface area (Å²) in [5.41, 5.74) is 7.93. The van der Waals surface area contributed by atoms with E-state index in [4.69, 9.17) is 35.3 Å². The maximum atomic E-state index is 11.4. The van der Waals surface area contributed by atoms with E-state index in [2.05, 4.69) is 60.9 Å². The molecule has 1 aliphatic carbocycles. The summed E-state index contributed by atoms with van der Waals surface area (Å²) in [5.74, 6) is 0.587. The fourth-order valence-corrected chi connectivity index (χ4v) is 4.33. The van der Waals surface area contributed by atoms with Crippen molar-refractivity contribution < 1.29 is 33.3 Å². The third kappa shape index (κ3) is 10.5. The molecule has 0 spiro atoms. The first-order valence-electron chi connectivity index (χ1n) is 12.5. The van der Waals surface area contributed by atoms with E-state index in [9.17, 15) is 9.59 Å². The van der Waals surface area contributed by atoms with Gasteiger partial charge in [0.05, 0.1) is 16.1 Å². The second-order valence-corrected chi connectivity index (χ2v) is 10.8. The average molecular weight is 659 g/mol. The van der Waals surface area contributed by atoms with E-state index in [1.165, 1.54) is 13.8 Å². The highest BCUT2D eigenvalue weighted by Crippen LogP contribution is 2.35. The fourth-order valence-electron chi connectivity index (χ4n) is 3.50. The SMILES string of the molecule is CCCCOCC(COC1=C=C=C(C(C)(C)c2ccc(OCC(CCl)OC(C)=O)c(I)c2)C=C1)OC(C)=O. The molecule has 0 fully saturated rings. The first-order chi connectivity index (χ1) is 18.1. The number of unbranched alkanes of at least 4 members (excludes halogenated alkanes) is 1. The van der Waals surface area contributed by atoms with Gasteiger partial charge in [-0.25, -0.2) is 0 Å². The third-order valence-electron chi connectivity index (χ3n) is 5.68. The van der Waals surface area contributed by atoms with E-state index in [1.54, 1.807) is 0 Å². The van der Waals surface area contributed by atoms with Gasteiger partial charge in [-0.1, -0.05) is 39.0 Å². The van der Waals surface area contributed by atoms with E-state index in [1.807, 2.05) is 24.3 Å². The lowest BCUT2D eigenvalue weighted by Gasteiger charge is -2.27. The Hall–Kier alpha value is -2.22. The number of carbonyl (C=O) groups is 2. The Morgan fingerprint density at radius 1 is 1.00 bits per heavy atom. The van der Waals surface area contributed by atoms with E-state index < -0.39 is 18.2 Å². The number of hydrogen-bond acceptors (Lipinski definition) is 7. The molecule has 9 heteroatoms. The number of halogens is 2. The van der Waals surface area contributed by atoms with Crippen molar-refractivity contribution in [3.63, 3.8) is 0 Å². The molecule has 1 aliphatic rings. The van der Waals surface area contributed by atoms with Gasteiger partial charge in [0.25, 0.3) is 0 Å². The van der Waals surface area contributed by atoms with Crippen LogP contribution < -0.4 is 4.74 Å². The van der Waals surface area contributed by atoms with Crippen LogP contribution >= 0.6 is 34.2 Å². The fraction of sp³-hybridized carbons (Fsp3) is 0.517. The van der Waals surface area contributed by atoms with Crippen molar-refractivity contribution in [2.24, 2.45) is 0 Å². The van der Waals surface area contributed by atoms with E-state index in [-0.39, 0.29) is 37.1 Å². The van der Waals surface area contributed by atoms with Crippen LogP contribution in [0.2, 0.25) is 0 Å². The first kappa shape index (κ1) is 32.0. The maximum Gasteiger partial charge on any atom is 0.303 e. The number of rotatable bonds is 16. The lowest BCUT2D eigenvalue weighted by molar-refractivity contribution is -0.152. The smallest absolute Gasteiger partial charge is 0.303 e. The van der Waals surface area contributed by atoms with Crippen molar-refractivity contribution in [1.29, 1.82) is 0 Å². The van der Waals surface area contributed by atoms with Crippen molar-refractivity contribution >= 4 is 46.1 Å². The number of allylic oxidation sites excluding steroid dienone is 3. The van der Waals surface area contributed by atoms with Gasteiger partial charge in [-0.05, 0) is 64.6 Å².